The lowest BCUT2D eigenvalue weighted by atomic mass is 9.85. The Balaban J connectivity index is 1.90. The number of allylic oxidation sites excluding steroid dienone is 2. The Labute approximate surface area is 309 Å². The van der Waals surface area contributed by atoms with Crippen molar-refractivity contribution in [3.05, 3.63) is 11.6 Å². The molecule has 2 aliphatic carbocycles. The van der Waals surface area contributed by atoms with Gasteiger partial charge in [-0.2, -0.15) is 0 Å². The molecule has 2 fully saturated rings. The van der Waals surface area contributed by atoms with Crippen molar-refractivity contribution < 1.29 is 38.7 Å². The minimum Gasteiger partial charge on any atom is -0.480 e. The molecule has 3 atom stereocenters. The minimum absolute atomic E-state index is 0.00959. The molecule has 0 heterocycles. The van der Waals surface area contributed by atoms with E-state index in [0.717, 1.165) is 57.8 Å². The molecule has 6 amide bonds. The second-order valence-electron chi connectivity index (χ2n) is 14.3. The molecular weight excluding hydrogens is 668 g/mol. The van der Waals surface area contributed by atoms with Gasteiger partial charge in [-0.3, -0.25) is 28.8 Å². The van der Waals surface area contributed by atoms with E-state index in [1.165, 1.54) is 19.4 Å². The van der Waals surface area contributed by atoms with Crippen LogP contribution < -0.4 is 31.9 Å². The summed E-state index contributed by atoms with van der Waals surface area (Å²) in [4.78, 5) is 87.1. The van der Waals surface area contributed by atoms with Crippen molar-refractivity contribution in [1.29, 1.82) is 0 Å². The number of hydrogen-bond donors (Lipinski definition) is 7. The third kappa shape index (κ3) is 18.0. The highest BCUT2D eigenvalue weighted by atomic mass is 16.4. The summed E-state index contributed by atoms with van der Waals surface area (Å²) in [5, 5.41) is 26.5. The van der Waals surface area contributed by atoms with Crippen LogP contribution in [0.15, 0.2) is 11.6 Å². The first-order valence-electron chi connectivity index (χ1n) is 19.5. The number of rotatable bonds is 24. The van der Waals surface area contributed by atoms with E-state index in [1.807, 2.05) is 0 Å². The van der Waals surface area contributed by atoms with Crippen LogP contribution in [0.4, 0.5) is 0 Å². The fourth-order valence-electron chi connectivity index (χ4n) is 6.91. The summed E-state index contributed by atoms with van der Waals surface area (Å²) in [6, 6.07) is -3.20. The Morgan fingerprint density at radius 2 is 1.06 bits per heavy atom. The molecule has 52 heavy (non-hydrogen) atoms. The summed E-state index contributed by atoms with van der Waals surface area (Å²) in [6.07, 6.45) is 14.5. The van der Waals surface area contributed by atoms with Gasteiger partial charge in [0.2, 0.25) is 35.4 Å². The van der Waals surface area contributed by atoms with E-state index in [4.69, 9.17) is 0 Å². The SMILES string of the molecule is CCC=C1CCC(C(=O)NCCCCC(NC(=O)C(CCCCNC(C)=O)NC(=O)C(CCCCNC(=O)C2CCCC2)NC(C)=O)C(=O)O)CC1. The fourth-order valence-corrected chi connectivity index (χ4v) is 6.91. The number of hydrogen-bond acceptors (Lipinski definition) is 7. The van der Waals surface area contributed by atoms with Gasteiger partial charge >= 0.3 is 5.97 Å². The molecule has 14 heteroatoms. The highest BCUT2D eigenvalue weighted by Gasteiger charge is 2.29. The number of aliphatic carboxylic acids is 1. The molecule has 14 nitrogen and oxygen atoms in total. The van der Waals surface area contributed by atoms with Crippen molar-refractivity contribution in [2.75, 3.05) is 19.6 Å². The van der Waals surface area contributed by atoms with Gasteiger partial charge in [0, 0.05) is 45.3 Å². The van der Waals surface area contributed by atoms with Gasteiger partial charge in [0.25, 0.3) is 0 Å². The first-order valence-corrected chi connectivity index (χ1v) is 19.5. The standard InChI is InChI=1S/C38H64N6O8/c1-4-13-28-19-21-30(22-20-28)35(48)41-25-12-9-18-33(38(51)52)44-37(50)32(17-7-10-23-39-26(2)45)43-36(49)31(42-27(3)46)16-8-11-24-40-34(47)29-14-5-6-15-29/h13,29-33H,4-12,14-25H2,1-3H3,(H,39,45)(H,40,47)(H,41,48)(H,42,46)(H,43,49)(H,44,50)(H,51,52). The van der Waals surface area contributed by atoms with E-state index < -0.39 is 41.8 Å². The van der Waals surface area contributed by atoms with Crippen molar-refractivity contribution >= 4 is 41.4 Å². The van der Waals surface area contributed by atoms with E-state index >= 15 is 0 Å². The topological polar surface area (TPSA) is 212 Å². The van der Waals surface area contributed by atoms with Crippen LogP contribution in [0.2, 0.25) is 0 Å². The Morgan fingerprint density at radius 1 is 0.615 bits per heavy atom. The van der Waals surface area contributed by atoms with Crippen molar-refractivity contribution in [2.24, 2.45) is 11.8 Å². The molecule has 0 spiro atoms. The van der Waals surface area contributed by atoms with Gasteiger partial charge in [-0.15, -0.1) is 0 Å². The van der Waals surface area contributed by atoms with E-state index in [1.54, 1.807) is 0 Å². The summed E-state index contributed by atoms with van der Waals surface area (Å²) in [5.41, 5.74) is 1.42. The van der Waals surface area contributed by atoms with Gasteiger partial charge in [0.1, 0.15) is 18.1 Å². The quantitative estimate of drug-likeness (QED) is 0.0578. The highest BCUT2D eigenvalue weighted by molar-refractivity contribution is 5.93. The second kappa shape index (κ2) is 25.1. The van der Waals surface area contributed by atoms with Crippen molar-refractivity contribution in [2.45, 2.75) is 154 Å². The van der Waals surface area contributed by atoms with Crippen molar-refractivity contribution in [1.82, 2.24) is 31.9 Å². The van der Waals surface area contributed by atoms with Crippen LogP contribution >= 0.6 is 0 Å². The Kier molecular flexibility index (Phi) is 21.3. The number of amides is 6. The zero-order valence-corrected chi connectivity index (χ0v) is 31.6. The van der Waals surface area contributed by atoms with Crippen LogP contribution in [0.25, 0.3) is 0 Å². The molecule has 0 aromatic rings. The van der Waals surface area contributed by atoms with E-state index in [0.29, 0.717) is 58.2 Å². The summed E-state index contributed by atoms with van der Waals surface area (Å²) >= 11 is 0. The van der Waals surface area contributed by atoms with E-state index in [2.05, 4.69) is 44.9 Å². The summed E-state index contributed by atoms with van der Waals surface area (Å²) in [6.45, 7) is 6.07. The molecule has 0 aromatic heterocycles. The van der Waals surface area contributed by atoms with Crippen LogP contribution in [-0.4, -0.2) is 84.3 Å². The second-order valence-corrected chi connectivity index (χ2v) is 14.3. The molecule has 0 bridgehead atoms. The van der Waals surface area contributed by atoms with Gasteiger partial charge in [0.15, 0.2) is 0 Å². The summed E-state index contributed by atoms with van der Waals surface area (Å²) < 4.78 is 0. The van der Waals surface area contributed by atoms with Crippen LogP contribution in [0.5, 0.6) is 0 Å². The maximum atomic E-state index is 13.5. The number of carbonyl (C=O) groups is 7. The molecule has 2 aliphatic rings. The van der Waals surface area contributed by atoms with Crippen LogP contribution in [0.1, 0.15) is 136 Å². The van der Waals surface area contributed by atoms with E-state index in [-0.39, 0.29) is 48.8 Å². The number of carbonyl (C=O) groups excluding carboxylic acids is 6. The predicted molar refractivity (Wildman–Crippen MR) is 198 cm³/mol. The minimum atomic E-state index is -1.21. The first-order chi connectivity index (χ1) is 24.9. The zero-order chi connectivity index (χ0) is 38.3. The molecule has 0 radical (unpaired) electrons. The van der Waals surface area contributed by atoms with Gasteiger partial charge in [-0.05, 0) is 103 Å². The zero-order valence-electron chi connectivity index (χ0n) is 31.6. The number of unbranched alkanes of at least 4 members (excludes halogenated alkanes) is 3. The van der Waals surface area contributed by atoms with Crippen LogP contribution in [-0.2, 0) is 33.6 Å². The normalized spacial score (nSPS) is 17.6. The van der Waals surface area contributed by atoms with Crippen molar-refractivity contribution in [3.63, 3.8) is 0 Å². The average molecular weight is 733 g/mol. The molecule has 0 aromatic carbocycles. The highest BCUT2D eigenvalue weighted by Crippen LogP contribution is 2.28. The van der Waals surface area contributed by atoms with Gasteiger partial charge in [0.05, 0.1) is 0 Å². The molecular formula is C38H64N6O8. The lowest BCUT2D eigenvalue weighted by Crippen LogP contribution is -2.55. The fraction of sp³-hybridized carbons (Fsp3) is 0.763. The molecule has 2 rings (SSSR count). The average Bonchev–Trinajstić information content (AvgIpc) is 3.65. The van der Waals surface area contributed by atoms with Gasteiger partial charge < -0.3 is 37.0 Å². The van der Waals surface area contributed by atoms with Crippen LogP contribution in [0, 0.1) is 11.8 Å². The third-order valence-electron chi connectivity index (χ3n) is 9.89. The van der Waals surface area contributed by atoms with Crippen LogP contribution in [0.3, 0.4) is 0 Å². The molecule has 7 N–H and O–H groups in total. The number of nitrogens with one attached hydrogen (secondary N) is 6. The van der Waals surface area contributed by atoms with Crippen molar-refractivity contribution in [3.8, 4) is 0 Å². The first kappa shape index (κ1) is 44.2. The van der Waals surface area contributed by atoms with Gasteiger partial charge in [-0.1, -0.05) is 31.4 Å². The van der Waals surface area contributed by atoms with Gasteiger partial charge in [-0.25, -0.2) is 4.79 Å². The monoisotopic (exact) mass is 732 g/mol. The predicted octanol–water partition coefficient (Wildman–Crippen LogP) is 3.14. The largest absolute Gasteiger partial charge is 0.480 e. The maximum Gasteiger partial charge on any atom is 0.326 e. The molecule has 2 saturated carbocycles. The molecule has 3 unspecified atom stereocenters. The third-order valence-corrected chi connectivity index (χ3v) is 9.89. The molecule has 0 saturated heterocycles. The van der Waals surface area contributed by atoms with E-state index in [9.17, 15) is 38.7 Å². The maximum absolute atomic E-state index is 13.5. The molecule has 0 aliphatic heterocycles. The number of carboxylic acids is 1. The summed E-state index contributed by atoms with van der Waals surface area (Å²) in [7, 11) is 0. The summed E-state index contributed by atoms with van der Waals surface area (Å²) in [5.74, 6) is -2.88. The Hall–Kier alpha value is -3.97. The lowest BCUT2D eigenvalue weighted by Gasteiger charge is -2.25. The Morgan fingerprint density at radius 3 is 1.52 bits per heavy atom. The molecule has 294 valence electrons. The lowest BCUT2D eigenvalue weighted by molar-refractivity contribution is -0.142. The smallest absolute Gasteiger partial charge is 0.326 e. The Bertz CT molecular complexity index is 1210. The number of carboxylic acid groups (broad SMARTS) is 1.